The summed E-state index contributed by atoms with van der Waals surface area (Å²) in [5, 5.41) is 4.99. The molecule has 1 aliphatic rings. The molecular formula is C31H34N2. The van der Waals surface area contributed by atoms with E-state index in [-0.39, 0.29) is 5.41 Å². The molecule has 2 heteroatoms. The lowest BCUT2D eigenvalue weighted by Gasteiger charge is -2.31. The smallest absolute Gasteiger partial charge is 0.0947 e. The topological polar surface area (TPSA) is 24.9 Å². The van der Waals surface area contributed by atoms with Crippen LogP contribution in [0.1, 0.15) is 72.6 Å². The Morgan fingerprint density at radius 1 is 0.758 bits per heavy atom. The highest BCUT2D eigenvalue weighted by atomic mass is 14.9. The second-order valence-electron chi connectivity index (χ2n) is 10.9. The normalized spacial score (nSPS) is 15.2. The van der Waals surface area contributed by atoms with Crippen LogP contribution in [0.15, 0.2) is 48.5 Å². The first-order valence-corrected chi connectivity index (χ1v) is 12.0. The summed E-state index contributed by atoms with van der Waals surface area (Å²) >= 11 is 0. The van der Waals surface area contributed by atoms with Gasteiger partial charge < -0.3 is 5.32 Å². The van der Waals surface area contributed by atoms with Crippen LogP contribution in [0, 0.1) is 27.7 Å². The minimum absolute atomic E-state index is 0.128. The molecule has 33 heavy (non-hydrogen) atoms. The average Bonchev–Trinajstić information content (AvgIpc) is 2.73. The van der Waals surface area contributed by atoms with Crippen LogP contribution in [-0.2, 0) is 5.41 Å². The molecule has 2 nitrogen and oxygen atoms in total. The molecule has 0 saturated heterocycles. The largest absolute Gasteiger partial charge is 0.353 e. The molecule has 4 aromatic rings. The Morgan fingerprint density at radius 3 is 2.09 bits per heavy atom. The van der Waals surface area contributed by atoms with E-state index >= 15 is 0 Å². The van der Waals surface area contributed by atoms with Gasteiger partial charge in [-0.3, -0.25) is 0 Å². The lowest BCUT2D eigenvalue weighted by atomic mass is 9.79. The Morgan fingerprint density at radius 2 is 1.42 bits per heavy atom. The Bertz CT molecular complexity index is 1400. The van der Waals surface area contributed by atoms with Crippen molar-refractivity contribution in [1.29, 1.82) is 0 Å². The van der Waals surface area contributed by atoms with E-state index < -0.39 is 0 Å². The number of hydrogen-bond donors (Lipinski definition) is 1. The highest BCUT2D eigenvalue weighted by molar-refractivity contribution is 5.98. The quantitative estimate of drug-likeness (QED) is 0.324. The van der Waals surface area contributed by atoms with Gasteiger partial charge in [0.25, 0.3) is 0 Å². The molecule has 168 valence electrons. The number of benzene rings is 3. The highest BCUT2D eigenvalue weighted by Crippen LogP contribution is 2.46. The molecule has 0 bridgehead atoms. The maximum Gasteiger partial charge on any atom is 0.0947 e. The fourth-order valence-electron chi connectivity index (χ4n) is 5.47. The van der Waals surface area contributed by atoms with Crippen LogP contribution < -0.4 is 5.32 Å². The van der Waals surface area contributed by atoms with Gasteiger partial charge in [0.2, 0.25) is 0 Å². The molecule has 2 heterocycles. The van der Waals surface area contributed by atoms with E-state index in [0.717, 1.165) is 16.9 Å². The van der Waals surface area contributed by atoms with Gasteiger partial charge in [-0.1, -0.05) is 75.7 Å². The highest BCUT2D eigenvalue weighted by Gasteiger charge is 2.28. The third kappa shape index (κ3) is 3.53. The van der Waals surface area contributed by atoms with Gasteiger partial charge in [0, 0.05) is 22.6 Å². The van der Waals surface area contributed by atoms with Crippen molar-refractivity contribution in [2.45, 2.75) is 66.7 Å². The van der Waals surface area contributed by atoms with Gasteiger partial charge in [0.15, 0.2) is 0 Å². The van der Waals surface area contributed by atoms with Crippen LogP contribution in [-0.4, -0.2) is 4.98 Å². The number of nitrogens with one attached hydrogen (secondary N) is 1. The molecule has 1 unspecified atom stereocenters. The Labute approximate surface area is 198 Å². The number of hydrogen-bond acceptors (Lipinski definition) is 2. The van der Waals surface area contributed by atoms with Gasteiger partial charge in [0.05, 0.1) is 16.9 Å². The van der Waals surface area contributed by atoms with E-state index in [1.165, 1.54) is 55.6 Å². The monoisotopic (exact) mass is 434 g/mol. The average molecular weight is 435 g/mol. The third-order valence-corrected chi connectivity index (χ3v) is 7.24. The second kappa shape index (κ2) is 7.45. The maximum absolute atomic E-state index is 5.24. The zero-order valence-corrected chi connectivity index (χ0v) is 21.1. The van der Waals surface area contributed by atoms with Crippen molar-refractivity contribution in [1.82, 2.24) is 4.98 Å². The van der Waals surface area contributed by atoms with Crippen molar-refractivity contribution in [3.05, 3.63) is 87.5 Å². The Kier molecular flexibility index (Phi) is 4.90. The summed E-state index contributed by atoms with van der Waals surface area (Å²) in [4.78, 5) is 5.24. The molecule has 5 rings (SSSR count). The number of fused-ring (bicyclic) bond motifs is 4. The first kappa shape index (κ1) is 21.7. The zero-order chi connectivity index (χ0) is 23.7. The molecule has 1 aliphatic heterocycles. The molecule has 0 spiro atoms. The minimum atomic E-state index is 0.128. The number of aromatic nitrogens is 1. The number of nitrogens with zero attached hydrogens (tertiary/aromatic N) is 1. The summed E-state index contributed by atoms with van der Waals surface area (Å²) in [6.45, 7) is 18.0. The van der Waals surface area contributed by atoms with Crippen LogP contribution in [0.25, 0.3) is 22.2 Å². The van der Waals surface area contributed by atoms with Crippen LogP contribution in [0.3, 0.4) is 0 Å². The predicted molar refractivity (Wildman–Crippen MR) is 142 cm³/mol. The fourth-order valence-corrected chi connectivity index (χ4v) is 5.47. The van der Waals surface area contributed by atoms with E-state index in [4.69, 9.17) is 4.98 Å². The lowest BCUT2D eigenvalue weighted by molar-refractivity contribution is 0.588. The standard InChI is InChI=1S/C31H34N2/c1-17-13-18(2)27(19(3)14-17)26-12-10-22-9-11-24-21(5)25-16-23(31(6,7)8)15-20(4)28(25)33-30(24)29(22)32-26/h9-16,21,33H,1-8H3. The van der Waals surface area contributed by atoms with Gasteiger partial charge in [0.1, 0.15) is 0 Å². The SMILES string of the molecule is Cc1cc(C)c(-c2ccc3ccc4c(c3n2)Nc2c(C)cc(C(C)(C)C)cc2C4C)c(C)c1. The summed E-state index contributed by atoms with van der Waals surface area (Å²) in [6, 6.07) is 18.1. The molecule has 1 atom stereocenters. The lowest BCUT2D eigenvalue weighted by Crippen LogP contribution is -2.17. The molecule has 0 aliphatic carbocycles. The summed E-state index contributed by atoms with van der Waals surface area (Å²) in [5.41, 5.74) is 15.1. The van der Waals surface area contributed by atoms with Crippen molar-refractivity contribution >= 4 is 22.3 Å². The van der Waals surface area contributed by atoms with Gasteiger partial charge in [-0.2, -0.15) is 0 Å². The van der Waals surface area contributed by atoms with Gasteiger partial charge in [-0.15, -0.1) is 0 Å². The van der Waals surface area contributed by atoms with Crippen LogP contribution >= 0.6 is 0 Å². The summed E-state index contributed by atoms with van der Waals surface area (Å²) in [6.07, 6.45) is 0. The number of anilines is 2. The summed E-state index contributed by atoms with van der Waals surface area (Å²) in [7, 11) is 0. The van der Waals surface area contributed by atoms with Crippen molar-refractivity contribution in [2.75, 3.05) is 5.32 Å². The van der Waals surface area contributed by atoms with Gasteiger partial charge in [-0.25, -0.2) is 4.98 Å². The molecule has 3 aromatic carbocycles. The predicted octanol–water partition coefficient (Wildman–Crippen LogP) is 8.64. The first-order chi connectivity index (χ1) is 15.5. The molecule has 1 aromatic heterocycles. The van der Waals surface area contributed by atoms with E-state index in [1.807, 2.05) is 0 Å². The molecule has 0 radical (unpaired) electrons. The second-order valence-corrected chi connectivity index (χ2v) is 10.9. The summed E-state index contributed by atoms with van der Waals surface area (Å²) in [5.74, 6) is 0.315. The molecule has 0 saturated carbocycles. The first-order valence-electron chi connectivity index (χ1n) is 12.0. The Balaban J connectivity index is 1.70. The zero-order valence-electron chi connectivity index (χ0n) is 21.1. The van der Waals surface area contributed by atoms with Gasteiger partial charge >= 0.3 is 0 Å². The van der Waals surface area contributed by atoms with Crippen LogP contribution in [0.5, 0.6) is 0 Å². The van der Waals surface area contributed by atoms with Crippen molar-refractivity contribution in [2.24, 2.45) is 0 Å². The van der Waals surface area contributed by atoms with E-state index in [2.05, 4.69) is 109 Å². The van der Waals surface area contributed by atoms with E-state index in [0.29, 0.717) is 5.92 Å². The Hall–Kier alpha value is -3.13. The molecular weight excluding hydrogens is 400 g/mol. The fraction of sp³-hybridized carbons (Fsp3) is 0.323. The minimum Gasteiger partial charge on any atom is -0.353 e. The van der Waals surface area contributed by atoms with E-state index in [1.54, 1.807) is 0 Å². The third-order valence-electron chi connectivity index (χ3n) is 7.24. The number of rotatable bonds is 1. The maximum atomic E-state index is 5.24. The number of pyridine rings is 1. The molecule has 1 N–H and O–H groups in total. The van der Waals surface area contributed by atoms with Crippen molar-refractivity contribution in [3.8, 4) is 11.3 Å². The van der Waals surface area contributed by atoms with E-state index in [9.17, 15) is 0 Å². The van der Waals surface area contributed by atoms with Crippen LogP contribution in [0.2, 0.25) is 0 Å². The van der Waals surface area contributed by atoms with Gasteiger partial charge in [-0.05, 0) is 72.6 Å². The van der Waals surface area contributed by atoms with Crippen LogP contribution in [0.4, 0.5) is 11.4 Å². The molecule has 0 fully saturated rings. The van der Waals surface area contributed by atoms with Crippen molar-refractivity contribution in [3.63, 3.8) is 0 Å². The summed E-state index contributed by atoms with van der Waals surface area (Å²) < 4.78 is 0. The number of aryl methyl sites for hydroxylation is 4. The van der Waals surface area contributed by atoms with Crippen molar-refractivity contribution < 1.29 is 0 Å². The molecule has 0 amide bonds.